The van der Waals surface area contributed by atoms with Gasteiger partial charge in [0.15, 0.2) is 10.8 Å². The monoisotopic (exact) mass is 485 g/mol. The number of amides is 1. The average Bonchev–Trinajstić information content (AvgIpc) is 3.22. The van der Waals surface area contributed by atoms with Gasteiger partial charge < -0.3 is 0 Å². The first-order chi connectivity index (χ1) is 15.6. The van der Waals surface area contributed by atoms with Crippen LogP contribution in [0.5, 0.6) is 0 Å². The molecule has 0 saturated heterocycles. The summed E-state index contributed by atoms with van der Waals surface area (Å²) < 4.78 is 2.11. The molecule has 6 rings (SSSR count). The first-order valence-electron chi connectivity index (χ1n) is 11.0. The molecule has 166 valence electrons. The number of nitrogens with zero attached hydrogens (tertiary/aromatic N) is 6. The Morgan fingerprint density at radius 3 is 2.84 bits per heavy atom. The van der Waals surface area contributed by atoms with E-state index < -0.39 is 0 Å². The van der Waals surface area contributed by atoms with E-state index in [1.54, 1.807) is 0 Å². The van der Waals surface area contributed by atoms with Gasteiger partial charge in [0.05, 0.1) is 11.1 Å². The molecule has 4 aromatic heterocycles. The Bertz CT molecular complexity index is 1340. The lowest BCUT2D eigenvalue weighted by atomic mass is 9.89. The molecule has 1 N–H and O–H groups in total. The van der Waals surface area contributed by atoms with Crippen LogP contribution >= 0.6 is 34.4 Å². The van der Waals surface area contributed by atoms with Gasteiger partial charge in [-0.15, -0.1) is 31.7 Å². The van der Waals surface area contributed by atoms with Gasteiger partial charge in [-0.3, -0.25) is 14.5 Å². The molecule has 0 radical (unpaired) electrons. The molecule has 0 unspecified atom stereocenters. The largest absolute Gasteiger partial charge is 0.300 e. The van der Waals surface area contributed by atoms with Crippen molar-refractivity contribution in [1.29, 1.82) is 0 Å². The number of carbonyl (C=O) groups excluding carboxylic acids is 1. The number of aryl methyl sites for hydroxylation is 2. The van der Waals surface area contributed by atoms with Gasteiger partial charge in [-0.2, -0.15) is 0 Å². The van der Waals surface area contributed by atoms with Crippen molar-refractivity contribution in [3.05, 3.63) is 21.3 Å². The van der Waals surface area contributed by atoms with E-state index in [4.69, 9.17) is 4.98 Å². The second kappa shape index (κ2) is 8.03. The molecule has 2 aliphatic carbocycles. The van der Waals surface area contributed by atoms with E-state index in [-0.39, 0.29) is 11.7 Å². The van der Waals surface area contributed by atoms with Crippen molar-refractivity contribution >= 4 is 61.3 Å². The van der Waals surface area contributed by atoms with Crippen molar-refractivity contribution in [1.82, 2.24) is 29.8 Å². The number of nitrogens with one attached hydrogen (secondary N) is 1. The van der Waals surface area contributed by atoms with Crippen LogP contribution in [0.1, 0.15) is 60.3 Å². The molecule has 4 heterocycles. The molecule has 1 amide bonds. The number of carbonyl (C=O) groups is 1. The van der Waals surface area contributed by atoms with Gasteiger partial charge in [0.2, 0.25) is 11.0 Å². The van der Waals surface area contributed by atoms with Gasteiger partial charge in [0.25, 0.3) is 0 Å². The Kier molecular flexibility index (Phi) is 5.14. The summed E-state index contributed by atoms with van der Waals surface area (Å²) in [7, 11) is 0. The number of aromatic nitrogens is 6. The predicted molar refractivity (Wildman–Crippen MR) is 128 cm³/mol. The number of thiophene rings is 1. The van der Waals surface area contributed by atoms with Gasteiger partial charge in [-0.05, 0) is 50.0 Å². The minimum atomic E-state index is -0.116. The van der Waals surface area contributed by atoms with Crippen molar-refractivity contribution in [3.8, 4) is 0 Å². The van der Waals surface area contributed by atoms with Crippen LogP contribution in [-0.4, -0.2) is 41.4 Å². The molecule has 2 aliphatic rings. The second-order valence-corrected chi connectivity index (χ2v) is 11.7. The summed E-state index contributed by atoms with van der Waals surface area (Å²) >= 11 is 4.65. The van der Waals surface area contributed by atoms with Gasteiger partial charge >= 0.3 is 0 Å². The minimum absolute atomic E-state index is 0.116. The standard InChI is InChI=1S/C21H23N7OS3/c1-3-15-24-26-20(32-15)22-14(29)9-30-21-27-25-18-16-12-7-4-10(2)8-13(12)31-19(16)23-17(28(18)21)11-5-6-11/h10-11H,3-9H2,1-2H3,(H,22,26,29)/t10-/m0/s1. The number of anilines is 1. The zero-order valence-electron chi connectivity index (χ0n) is 17.9. The average molecular weight is 486 g/mol. The third kappa shape index (κ3) is 3.60. The SMILES string of the molecule is CCc1nnc(NC(=O)CSc2nnc3c4c5c(sc4nc(C4CC4)n23)C[C@@H](C)CC5)s1. The third-order valence-electron chi connectivity index (χ3n) is 6.09. The highest BCUT2D eigenvalue weighted by Crippen LogP contribution is 2.44. The highest BCUT2D eigenvalue weighted by atomic mass is 32.2. The van der Waals surface area contributed by atoms with Crippen LogP contribution in [-0.2, 0) is 24.1 Å². The van der Waals surface area contributed by atoms with E-state index in [0.717, 1.165) is 64.5 Å². The molecule has 1 atom stereocenters. The topological polar surface area (TPSA) is 98.0 Å². The zero-order valence-corrected chi connectivity index (χ0v) is 20.4. The van der Waals surface area contributed by atoms with Crippen molar-refractivity contribution < 1.29 is 4.79 Å². The molecule has 1 saturated carbocycles. The number of hydrogen-bond acceptors (Lipinski definition) is 9. The van der Waals surface area contributed by atoms with Crippen molar-refractivity contribution in [2.24, 2.45) is 5.92 Å². The number of hydrogen-bond donors (Lipinski definition) is 1. The quantitative estimate of drug-likeness (QED) is 0.402. The van der Waals surface area contributed by atoms with Crippen LogP contribution in [0.25, 0.3) is 15.9 Å². The van der Waals surface area contributed by atoms with Gasteiger partial charge in [0.1, 0.15) is 15.7 Å². The van der Waals surface area contributed by atoms with Crippen LogP contribution < -0.4 is 5.32 Å². The highest BCUT2D eigenvalue weighted by Gasteiger charge is 2.32. The van der Waals surface area contributed by atoms with E-state index in [2.05, 4.69) is 37.0 Å². The normalized spacial score (nSPS) is 18.4. The summed E-state index contributed by atoms with van der Waals surface area (Å²) in [5.41, 5.74) is 2.32. The Hall–Kier alpha value is -2.11. The second-order valence-electron chi connectivity index (χ2n) is 8.61. The maximum Gasteiger partial charge on any atom is 0.236 e. The number of fused-ring (bicyclic) bond motifs is 5. The molecule has 0 spiro atoms. The maximum atomic E-state index is 12.5. The van der Waals surface area contributed by atoms with E-state index in [1.807, 2.05) is 18.3 Å². The van der Waals surface area contributed by atoms with Crippen molar-refractivity contribution in [3.63, 3.8) is 0 Å². The Morgan fingerprint density at radius 1 is 1.19 bits per heavy atom. The van der Waals surface area contributed by atoms with Crippen LogP contribution in [0, 0.1) is 5.92 Å². The van der Waals surface area contributed by atoms with Crippen LogP contribution in [0.15, 0.2) is 5.16 Å². The van der Waals surface area contributed by atoms with Gasteiger partial charge in [0, 0.05) is 10.8 Å². The van der Waals surface area contributed by atoms with E-state index in [9.17, 15) is 4.79 Å². The fourth-order valence-corrected chi connectivity index (χ4v) is 7.10. The third-order valence-corrected chi connectivity index (χ3v) is 9.15. The lowest BCUT2D eigenvalue weighted by molar-refractivity contribution is -0.113. The Labute approximate surface area is 197 Å². The molecule has 1 fully saturated rings. The molecule has 4 aromatic rings. The molecular weight excluding hydrogens is 462 g/mol. The van der Waals surface area contributed by atoms with Gasteiger partial charge in [-0.1, -0.05) is 36.9 Å². The van der Waals surface area contributed by atoms with E-state index in [1.165, 1.54) is 45.3 Å². The summed E-state index contributed by atoms with van der Waals surface area (Å²) in [6, 6.07) is 0. The molecular formula is C21H23N7OS3. The molecule has 0 aromatic carbocycles. The maximum absolute atomic E-state index is 12.5. The molecule has 32 heavy (non-hydrogen) atoms. The summed E-state index contributed by atoms with van der Waals surface area (Å²) in [5.74, 6) is 2.35. The fraction of sp³-hybridized carbons (Fsp3) is 0.524. The van der Waals surface area contributed by atoms with Crippen LogP contribution in [0.3, 0.4) is 0 Å². The number of rotatable bonds is 6. The lowest BCUT2D eigenvalue weighted by Gasteiger charge is -2.17. The Balaban J connectivity index is 1.32. The summed E-state index contributed by atoms with van der Waals surface area (Å²) in [6.45, 7) is 4.35. The summed E-state index contributed by atoms with van der Waals surface area (Å²) in [4.78, 5) is 20.2. The highest BCUT2D eigenvalue weighted by molar-refractivity contribution is 7.99. The van der Waals surface area contributed by atoms with Crippen molar-refractivity contribution in [2.45, 2.75) is 63.4 Å². The first-order valence-corrected chi connectivity index (χ1v) is 13.7. The van der Waals surface area contributed by atoms with E-state index in [0.29, 0.717) is 11.0 Å². The van der Waals surface area contributed by atoms with Crippen molar-refractivity contribution in [2.75, 3.05) is 11.1 Å². The Morgan fingerprint density at radius 2 is 2.06 bits per heavy atom. The summed E-state index contributed by atoms with van der Waals surface area (Å²) in [5, 5.41) is 23.4. The first kappa shape index (κ1) is 20.5. The molecule has 0 aliphatic heterocycles. The zero-order chi connectivity index (χ0) is 21.8. The fourth-order valence-electron chi connectivity index (χ4n) is 4.28. The summed E-state index contributed by atoms with van der Waals surface area (Å²) in [6.07, 6.45) is 6.52. The van der Waals surface area contributed by atoms with Crippen LogP contribution in [0.4, 0.5) is 5.13 Å². The number of thioether (sulfide) groups is 1. The van der Waals surface area contributed by atoms with E-state index >= 15 is 0 Å². The molecule has 11 heteroatoms. The minimum Gasteiger partial charge on any atom is -0.300 e. The lowest BCUT2D eigenvalue weighted by Crippen LogP contribution is -2.14. The van der Waals surface area contributed by atoms with Gasteiger partial charge in [-0.25, -0.2) is 4.98 Å². The molecule has 8 nitrogen and oxygen atoms in total. The predicted octanol–water partition coefficient (Wildman–Crippen LogP) is 4.49. The molecule has 0 bridgehead atoms. The smallest absolute Gasteiger partial charge is 0.236 e. The van der Waals surface area contributed by atoms with Crippen LogP contribution in [0.2, 0.25) is 0 Å².